The maximum absolute atomic E-state index is 12.9. The quantitative estimate of drug-likeness (QED) is 0.896. The molecule has 1 aromatic carbocycles. The lowest BCUT2D eigenvalue weighted by Crippen LogP contribution is -2.53. The standard InChI is InChI=1S/C13H15F3N2O.ClH/c14-13(15,16)10(8-9-4-2-1-3-5-9)18-11(19)12(17)6-7-12;/h1-5,10H,6-8,17H2,(H,18,19);1H. The Morgan fingerprint density at radius 1 is 1.30 bits per heavy atom. The molecule has 1 aliphatic rings. The van der Waals surface area contributed by atoms with Gasteiger partial charge < -0.3 is 11.1 Å². The Labute approximate surface area is 121 Å². The Morgan fingerprint density at radius 2 is 1.85 bits per heavy atom. The van der Waals surface area contributed by atoms with Crippen LogP contribution in [0.1, 0.15) is 18.4 Å². The fraction of sp³-hybridized carbons (Fsp3) is 0.462. The number of amides is 1. The van der Waals surface area contributed by atoms with E-state index in [1.807, 2.05) is 5.32 Å². The minimum Gasteiger partial charge on any atom is -0.343 e. The summed E-state index contributed by atoms with van der Waals surface area (Å²) in [6.07, 6.45) is -3.90. The summed E-state index contributed by atoms with van der Waals surface area (Å²) in [5.41, 5.74) is 5.02. The molecular weight excluding hydrogens is 293 g/mol. The Bertz CT molecular complexity index is 460. The zero-order valence-corrected chi connectivity index (χ0v) is 11.4. The predicted molar refractivity (Wildman–Crippen MR) is 71.5 cm³/mol. The smallest absolute Gasteiger partial charge is 0.343 e. The van der Waals surface area contributed by atoms with E-state index in [9.17, 15) is 18.0 Å². The Kier molecular flexibility index (Phi) is 5.05. The zero-order valence-electron chi connectivity index (χ0n) is 10.6. The van der Waals surface area contributed by atoms with Gasteiger partial charge in [0.05, 0.1) is 5.54 Å². The maximum atomic E-state index is 12.9. The molecule has 3 nitrogen and oxygen atoms in total. The normalized spacial score (nSPS) is 17.8. The van der Waals surface area contributed by atoms with Crippen molar-refractivity contribution < 1.29 is 18.0 Å². The lowest BCUT2D eigenvalue weighted by Gasteiger charge is -2.23. The molecule has 112 valence electrons. The Balaban J connectivity index is 0.00000200. The summed E-state index contributed by atoms with van der Waals surface area (Å²) in [6, 6.07) is 6.35. The Morgan fingerprint density at radius 3 is 2.30 bits per heavy atom. The van der Waals surface area contributed by atoms with Crippen molar-refractivity contribution in [2.24, 2.45) is 5.73 Å². The molecule has 1 unspecified atom stereocenters. The molecule has 7 heteroatoms. The molecule has 0 spiro atoms. The predicted octanol–water partition coefficient (Wildman–Crippen LogP) is 2.19. The summed E-state index contributed by atoms with van der Waals surface area (Å²) < 4.78 is 38.8. The highest BCUT2D eigenvalue weighted by atomic mass is 35.5. The van der Waals surface area contributed by atoms with E-state index in [1.165, 1.54) is 0 Å². The van der Waals surface area contributed by atoms with E-state index in [1.54, 1.807) is 30.3 Å². The highest BCUT2D eigenvalue weighted by Gasteiger charge is 2.49. The number of alkyl halides is 3. The van der Waals surface area contributed by atoms with Crippen molar-refractivity contribution in [2.45, 2.75) is 37.0 Å². The third-order valence-electron chi connectivity index (χ3n) is 3.22. The molecule has 0 radical (unpaired) electrons. The van der Waals surface area contributed by atoms with Crippen molar-refractivity contribution >= 4 is 18.3 Å². The van der Waals surface area contributed by atoms with Crippen LogP contribution < -0.4 is 11.1 Å². The number of nitrogens with two attached hydrogens (primary N) is 1. The molecule has 0 bridgehead atoms. The van der Waals surface area contributed by atoms with E-state index >= 15 is 0 Å². The number of hydrogen-bond acceptors (Lipinski definition) is 2. The first-order chi connectivity index (χ1) is 8.81. The van der Waals surface area contributed by atoms with Crippen LogP contribution in [0.4, 0.5) is 13.2 Å². The zero-order chi connectivity index (χ0) is 14.1. The molecular formula is C13H16ClF3N2O. The fourth-order valence-electron chi connectivity index (χ4n) is 1.76. The number of benzene rings is 1. The van der Waals surface area contributed by atoms with Crippen molar-refractivity contribution in [3.05, 3.63) is 35.9 Å². The minimum absolute atomic E-state index is 0. The summed E-state index contributed by atoms with van der Waals surface area (Å²) in [5, 5.41) is 2.02. The van der Waals surface area contributed by atoms with E-state index in [0.717, 1.165) is 0 Å². The van der Waals surface area contributed by atoms with Crippen LogP contribution in [0, 0.1) is 0 Å². The summed E-state index contributed by atoms with van der Waals surface area (Å²) in [4.78, 5) is 11.6. The molecule has 0 heterocycles. The van der Waals surface area contributed by atoms with Gasteiger partial charge in [0.1, 0.15) is 6.04 Å². The van der Waals surface area contributed by atoms with Crippen LogP contribution in [0.3, 0.4) is 0 Å². The van der Waals surface area contributed by atoms with E-state index in [0.29, 0.717) is 18.4 Å². The minimum atomic E-state index is -4.49. The molecule has 1 amide bonds. The van der Waals surface area contributed by atoms with E-state index < -0.39 is 23.7 Å². The summed E-state index contributed by atoms with van der Waals surface area (Å²) in [5.74, 6) is -0.717. The van der Waals surface area contributed by atoms with Crippen LogP contribution in [-0.2, 0) is 11.2 Å². The van der Waals surface area contributed by atoms with Gasteiger partial charge in [0.25, 0.3) is 0 Å². The van der Waals surface area contributed by atoms with E-state index in [-0.39, 0.29) is 18.8 Å². The number of hydrogen-bond donors (Lipinski definition) is 2. The number of halogens is 4. The van der Waals surface area contributed by atoms with Crippen LogP contribution in [0.25, 0.3) is 0 Å². The van der Waals surface area contributed by atoms with E-state index in [4.69, 9.17) is 5.73 Å². The first-order valence-electron chi connectivity index (χ1n) is 6.02. The van der Waals surface area contributed by atoms with Gasteiger partial charge >= 0.3 is 6.18 Å². The second kappa shape index (κ2) is 6.01. The second-order valence-electron chi connectivity index (χ2n) is 4.91. The summed E-state index contributed by atoms with van der Waals surface area (Å²) in [6.45, 7) is 0. The Hall–Kier alpha value is -1.27. The molecule has 1 atom stereocenters. The number of carbonyl (C=O) groups excluding carboxylic acids is 1. The molecule has 0 saturated heterocycles. The number of carbonyl (C=O) groups is 1. The maximum Gasteiger partial charge on any atom is 0.408 e. The third kappa shape index (κ3) is 4.11. The van der Waals surface area contributed by atoms with Crippen LogP contribution in [-0.4, -0.2) is 23.7 Å². The van der Waals surface area contributed by atoms with E-state index in [2.05, 4.69) is 0 Å². The van der Waals surface area contributed by atoms with Gasteiger partial charge in [-0.05, 0) is 18.4 Å². The van der Waals surface area contributed by atoms with Gasteiger partial charge in [0.2, 0.25) is 5.91 Å². The summed E-state index contributed by atoms with van der Waals surface area (Å²) >= 11 is 0. The summed E-state index contributed by atoms with van der Waals surface area (Å²) in [7, 11) is 0. The van der Waals surface area contributed by atoms with Crippen molar-refractivity contribution in [3.8, 4) is 0 Å². The molecule has 20 heavy (non-hydrogen) atoms. The van der Waals surface area contributed by atoms with Gasteiger partial charge in [0, 0.05) is 6.42 Å². The van der Waals surface area contributed by atoms with Gasteiger partial charge in [-0.25, -0.2) is 0 Å². The van der Waals surface area contributed by atoms with Crippen molar-refractivity contribution in [1.29, 1.82) is 0 Å². The monoisotopic (exact) mass is 308 g/mol. The SMILES string of the molecule is Cl.NC1(C(=O)NC(Cc2ccccc2)C(F)(F)F)CC1. The molecule has 1 fully saturated rings. The molecule has 3 N–H and O–H groups in total. The second-order valence-corrected chi connectivity index (χ2v) is 4.91. The van der Waals surface area contributed by atoms with Crippen LogP contribution in [0.2, 0.25) is 0 Å². The molecule has 0 aromatic heterocycles. The largest absolute Gasteiger partial charge is 0.408 e. The number of rotatable bonds is 4. The van der Waals surface area contributed by atoms with Crippen LogP contribution in [0.5, 0.6) is 0 Å². The lowest BCUT2D eigenvalue weighted by atomic mass is 10.0. The molecule has 1 aromatic rings. The first-order valence-corrected chi connectivity index (χ1v) is 6.02. The number of nitrogens with one attached hydrogen (secondary N) is 1. The van der Waals surface area contributed by atoms with Crippen LogP contribution in [0.15, 0.2) is 30.3 Å². The van der Waals surface area contributed by atoms with Crippen LogP contribution >= 0.6 is 12.4 Å². The molecule has 2 rings (SSSR count). The third-order valence-corrected chi connectivity index (χ3v) is 3.22. The average Bonchev–Trinajstić information content (AvgIpc) is 3.08. The van der Waals surface area contributed by atoms with Crippen molar-refractivity contribution in [1.82, 2.24) is 5.32 Å². The van der Waals surface area contributed by atoms with Gasteiger partial charge in [0.15, 0.2) is 0 Å². The van der Waals surface area contributed by atoms with Crippen molar-refractivity contribution in [2.75, 3.05) is 0 Å². The first kappa shape index (κ1) is 16.8. The lowest BCUT2D eigenvalue weighted by molar-refractivity contribution is -0.162. The molecule has 1 aliphatic carbocycles. The highest BCUT2D eigenvalue weighted by molar-refractivity contribution is 5.89. The van der Waals surface area contributed by atoms with Gasteiger partial charge in [-0.1, -0.05) is 30.3 Å². The molecule has 0 aliphatic heterocycles. The van der Waals surface area contributed by atoms with Gasteiger partial charge in [-0.15, -0.1) is 12.4 Å². The van der Waals surface area contributed by atoms with Gasteiger partial charge in [-0.2, -0.15) is 13.2 Å². The topological polar surface area (TPSA) is 55.1 Å². The molecule has 1 saturated carbocycles. The van der Waals surface area contributed by atoms with Gasteiger partial charge in [-0.3, -0.25) is 4.79 Å². The van der Waals surface area contributed by atoms with Crippen molar-refractivity contribution in [3.63, 3.8) is 0 Å². The fourth-order valence-corrected chi connectivity index (χ4v) is 1.76. The average molecular weight is 309 g/mol. The highest BCUT2D eigenvalue weighted by Crippen LogP contribution is 2.33.